The normalized spacial score (nSPS) is 14.4. The van der Waals surface area contributed by atoms with Gasteiger partial charge < -0.3 is 5.11 Å². The summed E-state index contributed by atoms with van der Waals surface area (Å²) in [7, 11) is 0. The minimum atomic E-state index is -0.826. The van der Waals surface area contributed by atoms with Crippen molar-refractivity contribution in [2.45, 2.75) is 72.3 Å². The van der Waals surface area contributed by atoms with Crippen molar-refractivity contribution in [2.75, 3.05) is 0 Å². The molecule has 6 nitrogen and oxygen atoms in total. The summed E-state index contributed by atoms with van der Waals surface area (Å²) in [6.07, 6.45) is 4.76. The fraction of sp³-hybridized carbons (Fsp3) is 0.857. The van der Waals surface area contributed by atoms with E-state index < -0.39 is 11.4 Å². The Bertz CT molecular complexity index is 427. The number of carbonyl (C=O) groups is 1. The molecule has 1 aromatic rings. The lowest BCUT2D eigenvalue weighted by Gasteiger charge is -2.24. The minimum absolute atomic E-state index is 0.315. The predicted molar refractivity (Wildman–Crippen MR) is 76.4 cm³/mol. The fourth-order valence-corrected chi connectivity index (χ4v) is 2.38. The van der Waals surface area contributed by atoms with E-state index in [4.69, 9.17) is 0 Å². The Labute approximate surface area is 120 Å². The summed E-state index contributed by atoms with van der Waals surface area (Å²) in [4.78, 5) is 11.4. The molecule has 0 fully saturated rings. The summed E-state index contributed by atoms with van der Waals surface area (Å²) in [5.74, 6) is 0.341. The van der Waals surface area contributed by atoms with Crippen LogP contribution in [0.3, 0.4) is 0 Å². The zero-order valence-electron chi connectivity index (χ0n) is 13.0. The number of aliphatic carboxylic acids is 1. The summed E-state index contributed by atoms with van der Waals surface area (Å²) in [5.41, 5.74) is -0.826. The second-order valence-electron chi connectivity index (χ2n) is 5.69. The standard InChI is InChI=1S/C14H26N4O2/c1-5-8-11(9-6-2)12-15-16-17-18(12)10-14(4,7-3)13(19)20/h11H,5-10H2,1-4H3,(H,19,20). The maximum Gasteiger partial charge on any atom is 0.311 e. The van der Waals surface area contributed by atoms with Gasteiger partial charge in [0, 0.05) is 5.92 Å². The molecular formula is C14H26N4O2. The lowest BCUT2D eigenvalue weighted by molar-refractivity contribution is -0.149. The third-order valence-corrected chi connectivity index (χ3v) is 3.99. The summed E-state index contributed by atoms with van der Waals surface area (Å²) in [6, 6.07) is 0. The monoisotopic (exact) mass is 282 g/mol. The Morgan fingerprint density at radius 3 is 2.35 bits per heavy atom. The molecule has 0 aliphatic carbocycles. The predicted octanol–water partition coefficient (Wildman–Crippen LogP) is 2.86. The molecule has 1 atom stereocenters. The van der Waals surface area contributed by atoms with Crippen molar-refractivity contribution in [1.29, 1.82) is 0 Å². The molecule has 6 heteroatoms. The zero-order valence-corrected chi connectivity index (χ0v) is 13.0. The zero-order chi connectivity index (χ0) is 15.2. The smallest absolute Gasteiger partial charge is 0.311 e. The molecule has 1 rings (SSSR count). The van der Waals surface area contributed by atoms with Crippen LogP contribution in [0.2, 0.25) is 0 Å². The van der Waals surface area contributed by atoms with Gasteiger partial charge in [0.25, 0.3) is 0 Å². The number of hydrogen-bond acceptors (Lipinski definition) is 4. The first-order chi connectivity index (χ1) is 9.48. The van der Waals surface area contributed by atoms with Crippen molar-refractivity contribution in [3.05, 3.63) is 5.82 Å². The highest BCUT2D eigenvalue weighted by Crippen LogP contribution is 2.28. The molecule has 0 aliphatic rings. The first kappa shape index (κ1) is 16.6. The van der Waals surface area contributed by atoms with E-state index in [1.165, 1.54) is 0 Å². The van der Waals surface area contributed by atoms with Gasteiger partial charge in [0.15, 0.2) is 5.82 Å². The number of nitrogens with zero attached hydrogens (tertiary/aromatic N) is 4. The second-order valence-corrected chi connectivity index (χ2v) is 5.69. The Morgan fingerprint density at radius 1 is 1.30 bits per heavy atom. The summed E-state index contributed by atoms with van der Waals surface area (Å²) in [6.45, 7) is 8.24. The number of rotatable bonds is 9. The van der Waals surface area contributed by atoms with Gasteiger partial charge in [-0.1, -0.05) is 33.6 Å². The number of carboxylic acid groups (broad SMARTS) is 1. The average Bonchev–Trinajstić information content (AvgIpc) is 2.86. The molecule has 114 valence electrons. The summed E-state index contributed by atoms with van der Waals surface area (Å²) < 4.78 is 1.69. The Balaban J connectivity index is 2.97. The molecule has 1 unspecified atom stereocenters. The summed E-state index contributed by atoms with van der Waals surface area (Å²) in [5, 5.41) is 21.3. The van der Waals surface area contributed by atoms with Crippen LogP contribution in [0.15, 0.2) is 0 Å². The van der Waals surface area contributed by atoms with Crippen molar-refractivity contribution in [1.82, 2.24) is 20.2 Å². The van der Waals surface area contributed by atoms with Crippen LogP contribution in [0.4, 0.5) is 0 Å². The lowest BCUT2D eigenvalue weighted by atomic mass is 9.87. The quantitative estimate of drug-likeness (QED) is 0.753. The molecule has 0 radical (unpaired) electrons. The number of carboxylic acids is 1. The molecule has 0 aliphatic heterocycles. The molecule has 0 saturated heterocycles. The van der Waals surface area contributed by atoms with Crippen molar-refractivity contribution in [3.63, 3.8) is 0 Å². The van der Waals surface area contributed by atoms with E-state index in [-0.39, 0.29) is 0 Å². The van der Waals surface area contributed by atoms with Crippen LogP contribution in [-0.4, -0.2) is 31.3 Å². The topological polar surface area (TPSA) is 80.9 Å². The minimum Gasteiger partial charge on any atom is -0.481 e. The maximum atomic E-state index is 11.4. The van der Waals surface area contributed by atoms with Gasteiger partial charge >= 0.3 is 5.97 Å². The highest BCUT2D eigenvalue weighted by molar-refractivity contribution is 5.73. The lowest BCUT2D eigenvalue weighted by Crippen LogP contribution is -2.33. The first-order valence-electron chi connectivity index (χ1n) is 7.47. The SMILES string of the molecule is CCCC(CCC)c1nnnn1CC(C)(CC)C(=O)O. The van der Waals surface area contributed by atoms with Crippen LogP contribution >= 0.6 is 0 Å². The number of aromatic nitrogens is 4. The van der Waals surface area contributed by atoms with E-state index in [0.717, 1.165) is 31.5 Å². The van der Waals surface area contributed by atoms with Crippen molar-refractivity contribution >= 4 is 5.97 Å². The largest absolute Gasteiger partial charge is 0.481 e. The second kappa shape index (κ2) is 7.36. The van der Waals surface area contributed by atoms with Gasteiger partial charge in [0.05, 0.1) is 12.0 Å². The molecule has 0 bridgehead atoms. The van der Waals surface area contributed by atoms with Crippen LogP contribution in [0, 0.1) is 5.41 Å². The van der Waals surface area contributed by atoms with Gasteiger partial charge in [0.1, 0.15) is 0 Å². The third kappa shape index (κ3) is 3.77. The van der Waals surface area contributed by atoms with Gasteiger partial charge in [-0.3, -0.25) is 4.79 Å². The van der Waals surface area contributed by atoms with Gasteiger partial charge in [-0.25, -0.2) is 4.68 Å². The number of tetrazole rings is 1. The van der Waals surface area contributed by atoms with Crippen molar-refractivity contribution in [3.8, 4) is 0 Å². The van der Waals surface area contributed by atoms with Gasteiger partial charge in [0.2, 0.25) is 0 Å². The van der Waals surface area contributed by atoms with E-state index in [1.807, 2.05) is 6.92 Å². The van der Waals surface area contributed by atoms with Gasteiger partial charge in [-0.05, 0) is 36.6 Å². The Hall–Kier alpha value is -1.46. The van der Waals surface area contributed by atoms with Gasteiger partial charge in [-0.15, -0.1) is 5.10 Å². The average molecular weight is 282 g/mol. The van der Waals surface area contributed by atoms with Crippen LogP contribution in [0.1, 0.15) is 71.5 Å². The fourth-order valence-electron chi connectivity index (χ4n) is 2.38. The maximum absolute atomic E-state index is 11.4. The van der Waals surface area contributed by atoms with Crippen molar-refractivity contribution < 1.29 is 9.90 Å². The molecule has 0 saturated carbocycles. The Morgan fingerprint density at radius 2 is 1.90 bits per heavy atom. The molecule has 0 spiro atoms. The van der Waals surface area contributed by atoms with E-state index in [2.05, 4.69) is 29.4 Å². The van der Waals surface area contributed by atoms with E-state index in [0.29, 0.717) is 18.9 Å². The molecule has 0 aromatic carbocycles. The van der Waals surface area contributed by atoms with Crippen LogP contribution in [-0.2, 0) is 11.3 Å². The number of hydrogen-bond donors (Lipinski definition) is 1. The van der Waals surface area contributed by atoms with Crippen LogP contribution in [0.5, 0.6) is 0 Å². The molecule has 1 heterocycles. The third-order valence-electron chi connectivity index (χ3n) is 3.99. The highest BCUT2D eigenvalue weighted by atomic mass is 16.4. The molecule has 20 heavy (non-hydrogen) atoms. The first-order valence-corrected chi connectivity index (χ1v) is 7.47. The highest BCUT2D eigenvalue weighted by Gasteiger charge is 2.33. The molecule has 1 N–H and O–H groups in total. The molecule has 0 amide bonds. The van der Waals surface area contributed by atoms with Crippen molar-refractivity contribution in [2.24, 2.45) is 5.41 Å². The van der Waals surface area contributed by atoms with Gasteiger partial charge in [-0.2, -0.15) is 0 Å². The Kier molecular flexibility index (Phi) is 6.10. The van der Waals surface area contributed by atoms with Crippen LogP contribution < -0.4 is 0 Å². The van der Waals surface area contributed by atoms with Crippen LogP contribution in [0.25, 0.3) is 0 Å². The van der Waals surface area contributed by atoms with E-state index in [1.54, 1.807) is 11.6 Å². The van der Waals surface area contributed by atoms with E-state index in [9.17, 15) is 9.90 Å². The van der Waals surface area contributed by atoms with E-state index >= 15 is 0 Å². The molecule has 1 aromatic heterocycles. The summed E-state index contributed by atoms with van der Waals surface area (Å²) >= 11 is 0. The molecular weight excluding hydrogens is 256 g/mol.